The summed E-state index contributed by atoms with van der Waals surface area (Å²) < 4.78 is 32.6. The van der Waals surface area contributed by atoms with Gasteiger partial charge in [-0.3, -0.25) is 4.79 Å². The zero-order valence-electron chi connectivity index (χ0n) is 10.2. The number of carbonyl (C=O) groups excluding carboxylic acids is 2. The van der Waals surface area contributed by atoms with Crippen LogP contribution in [-0.4, -0.2) is 30.6 Å². The van der Waals surface area contributed by atoms with Gasteiger partial charge in [-0.05, 0) is 30.7 Å². The molecule has 0 fully saturated rings. The molecule has 2 rings (SSSR count). The van der Waals surface area contributed by atoms with Crippen molar-refractivity contribution >= 4 is 33.4 Å². The molecule has 0 saturated carbocycles. The van der Waals surface area contributed by atoms with E-state index < -0.39 is 39.0 Å². The van der Waals surface area contributed by atoms with Gasteiger partial charge in [-0.2, -0.15) is 10.1 Å². The zero-order chi connectivity index (χ0) is 15.1. The number of carboxylic acid groups (broad SMARTS) is 1. The molecule has 1 aromatic carbocycles. The van der Waals surface area contributed by atoms with Gasteiger partial charge in [0.1, 0.15) is 10.1 Å². The van der Waals surface area contributed by atoms with Crippen LogP contribution in [0.2, 0.25) is 0 Å². The minimum Gasteiger partial charge on any atom is -0.744 e. The Morgan fingerprint density at radius 1 is 1.40 bits per heavy atom. The summed E-state index contributed by atoms with van der Waals surface area (Å²) in [5.74, 6) is -2.12. The van der Waals surface area contributed by atoms with Gasteiger partial charge in [0, 0.05) is 0 Å². The van der Waals surface area contributed by atoms with Crippen molar-refractivity contribution in [2.75, 3.05) is 5.01 Å². The Hall–Kier alpha value is -2.26. The van der Waals surface area contributed by atoms with Gasteiger partial charge in [-0.25, -0.2) is 8.42 Å². The Morgan fingerprint density at radius 2 is 2.05 bits per heavy atom. The van der Waals surface area contributed by atoms with Crippen LogP contribution in [0.25, 0.3) is 0 Å². The van der Waals surface area contributed by atoms with E-state index in [0.29, 0.717) is 5.56 Å². The topological polar surface area (TPSA) is 130 Å². The van der Waals surface area contributed by atoms with Crippen molar-refractivity contribution in [2.45, 2.75) is 18.2 Å². The first-order valence-corrected chi connectivity index (χ1v) is 6.79. The van der Waals surface area contributed by atoms with Crippen molar-refractivity contribution in [2.24, 2.45) is 5.10 Å². The molecule has 1 aromatic rings. The lowest BCUT2D eigenvalue weighted by atomic mass is 10.2. The largest absolute Gasteiger partial charge is 0.744 e. The third-order valence-electron chi connectivity index (χ3n) is 2.70. The van der Waals surface area contributed by atoms with E-state index in [1.165, 1.54) is 13.0 Å². The molecule has 1 heterocycles. The van der Waals surface area contributed by atoms with E-state index in [2.05, 4.69) is 5.10 Å². The van der Waals surface area contributed by atoms with Crippen molar-refractivity contribution in [1.82, 2.24) is 0 Å². The second-order valence-electron chi connectivity index (χ2n) is 4.12. The van der Waals surface area contributed by atoms with Gasteiger partial charge in [0.25, 0.3) is 5.91 Å². The second-order valence-corrected chi connectivity index (χ2v) is 5.50. The van der Waals surface area contributed by atoms with Gasteiger partial charge < -0.3 is 14.5 Å². The van der Waals surface area contributed by atoms with Crippen molar-refractivity contribution in [3.63, 3.8) is 0 Å². The zero-order valence-corrected chi connectivity index (χ0v) is 11.0. The molecule has 0 aliphatic carbocycles. The average molecular weight is 296 g/mol. The van der Waals surface area contributed by atoms with Crippen molar-refractivity contribution in [3.05, 3.63) is 23.8 Å². The smallest absolute Gasteiger partial charge is 0.253 e. The van der Waals surface area contributed by atoms with Crippen LogP contribution < -0.4 is 10.1 Å². The number of benzene rings is 1. The summed E-state index contributed by atoms with van der Waals surface area (Å²) in [7, 11) is -4.60. The lowest BCUT2D eigenvalue weighted by Gasteiger charge is -2.16. The molecule has 0 unspecified atom stereocenters. The van der Waals surface area contributed by atoms with Crippen LogP contribution in [0.4, 0.5) is 5.69 Å². The molecule has 0 radical (unpaired) electrons. The molecule has 0 N–H and O–H groups in total. The minimum absolute atomic E-state index is 0.207. The molecule has 0 atom stereocenters. The maximum absolute atomic E-state index is 11.7. The Labute approximate surface area is 114 Å². The third-order valence-corrected chi connectivity index (χ3v) is 3.53. The van der Waals surface area contributed by atoms with Crippen LogP contribution in [0, 0.1) is 6.92 Å². The SMILES string of the molecule is Cc1cc(S(=O)(=O)[O-])ccc1N1N=C(C(=O)[O-])CC1=O. The first kappa shape index (κ1) is 14.2. The van der Waals surface area contributed by atoms with Crippen molar-refractivity contribution in [1.29, 1.82) is 0 Å². The van der Waals surface area contributed by atoms with E-state index in [9.17, 15) is 27.7 Å². The molecular weight excluding hydrogens is 288 g/mol. The third kappa shape index (κ3) is 2.53. The lowest BCUT2D eigenvalue weighted by Crippen LogP contribution is -2.30. The number of aliphatic carboxylic acids is 1. The van der Waals surface area contributed by atoms with Crippen molar-refractivity contribution in [3.8, 4) is 0 Å². The molecular formula is C11H8N2O6S-2. The Bertz CT molecular complexity index is 737. The molecule has 0 bridgehead atoms. The van der Waals surface area contributed by atoms with Crippen LogP contribution in [0.1, 0.15) is 12.0 Å². The Morgan fingerprint density at radius 3 is 2.50 bits per heavy atom. The highest BCUT2D eigenvalue weighted by Gasteiger charge is 2.27. The monoisotopic (exact) mass is 296 g/mol. The van der Waals surface area contributed by atoms with Gasteiger partial charge >= 0.3 is 0 Å². The molecule has 106 valence electrons. The summed E-state index contributed by atoms with van der Waals surface area (Å²) in [5.41, 5.74) is 0.104. The highest BCUT2D eigenvalue weighted by molar-refractivity contribution is 7.85. The van der Waals surface area contributed by atoms with E-state index in [1.54, 1.807) is 0 Å². The number of rotatable bonds is 3. The number of carbonyl (C=O) groups is 2. The molecule has 20 heavy (non-hydrogen) atoms. The fourth-order valence-electron chi connectivity index (χ4n) is 1.75. The maximum atomic E-state index is 11.7. The van der Waals surface area contributed by atoms with Gasteiger partial charge in [0.15, 0.2) is 0 Å². The minimum atomic E-state index is -4.60. The predicted molar refractivity (Wildman–Crippen MR) is 63.7 cm³/mol. The Balaban J connectivity index is 2.45. The molecule has 9 heteroatoms. The molecule has 0 aromatic heterocycles. The van der Waals surface area contributed by atoms with Gasteiger partial charge in [-0.15, -0.1) is 0 Å². The quantitative estimate of drug-likeness (QED) is 0.640. The molecule has 0 saturated heterocycles. The van der Waals surface area contributed by atoms with E-state index in [1.807, 2.05) is 0 Å². The first-order valence-electron chi connectivity index (χ1n) is 5.38. The number of amides is 1. The van der Waals surface area contributed by atoms with Crippen LogP contribution >= 0.6 is 0 Å². The number of hydrogen-bond donors (Lipinski definition) is 0. The summed E-state index contributed by atoms with van der Waals surface area (Å²) in [6.07, 6.45) is -0.399. The highest BCUT2D eigenvalue weighted by atomic mass is 32.2. The van der Waals surface area contributed by atoms with E-state index in [4.69, 9.17) is 0 Å². The molecule has 1 aliphatic rings. The highest BCUT2D eigenvalue weighted by Crippen LogP contribution is 2.26. The Kier molecular flexibility index (Phi) is 3.32. The predicted octanol–water partition coefficient (Wildman–Crippen LogP) is -1.26. The fourth-order valence-corrected chi connectivity index (χ4v) is 2.31. The molecule has 8 nitrogen and oxygen atoms in total. The summed E-state index contributed by atoms with van der Waals surface area (Å²) >= 11 is 0. The summed E-state index contributed by atoms with van der Waals surface area (Å²) in [6, 6.07) is 3.35. The number of aryl methyl sites for hydroxylation is 1. The van der Waals surface area contributed by atoms with Crippen LogP contribution in [0.5, 0.6) is 0 Å². The number of nitrogens with zero attached hydrogens (tertiary/aromatic N) is 2. The van der Waals surface area contributed by atoms with E-state index >= 15 is 0 Å². The van der Waals surface area contributed by atoms with Crippen LogP contribution in [-0.2, 0) is 19.7 Å². The van der Waals surface area contributed by atoms with Gasteiger partial charge in [0.2, 0.25) is 0 Å². The fraction of sp³-hybridized carbons (Fsp3) is 0.182. The maximum Gasteiger partial charge on any atom is 0.253 e. The standard InChI is InChI=1S/C11H10N2O6S/c1-6-4-7(20(17,18)19)2-3-9(6)13-10(14)5-8(12-13)11(15)16/h2-4H,5H2,1H3,(H,15,16)(H,17,18,19)/p-2. The average Bonchev–Trinajstić information content (AvgIpc) is 2.70. The summed E-state index contributed by atoms with van der Waals surface area (Å²) in [6.45, 7) is 1.48. The molecule has 0 spiro atoms. The molecule has 1 amide bonds. The van der Waals surface area contributed by atoms with Gasteiger partial charge in [-0.1, -0.05) is 0 Å². The summed E-state index contributed by atoms with van der Waals surface area (Å²) in [4.78, 5) is 21.9. The van der Waals surface area contributed by atoms with Gasteiger partial charge in [0.05, 0.1) is 28.7 Å². The van der Waals surface area contributed by atoms with E-state index in [-0.39, 0.29) is 5.69 Å². The normalized spacial score (nSPS) is 15.4. The van der Waals surface area contributed by atoms with Crippen LogP contribution in [0.3, 0.4) is 0 Å². The first-order chi connectivity index (χ1) is 9.20. The summed E-state index contributed by atoms with van der Waals surface area (Å²) in [5, 5.41) is 15.1. The van der Waals surface area contributed by atoms with Crippen molar-refractivity contribution < 1.29 is 27.7 Å². The lowest BCUT2D eigenvalue weighted by molar-refractivity contribution is -0.294. The number of anilines is 1. The van der Waals surface area contributed by atoms with E-state index in [0.717, 1.165) is 17.1 Å². The second kappa shape index (κ2) is 4.69. The number of carboxylic acids is 1. The molecule has 1 aliphatic heterocycles. The van der Waals surface area contributed by atoms with Crippen LogP contribution in [0.15, 0.2) is 28.2 Å². The number of hydrogen-bond acceptors (Lipinski definition) is 7. The number of hydrazone groups is 1.